The molecule has 3 aromatic rings. The molecule has 0 saturated heterocycles. The fraction of sp³-hybridized carbons (Fsp3) is 0.0526. The van der Waals surface area contributed by atoms with Crippen LogP contribution >= 0.6 is 46.4 Å². The highest BCUT2D eigenvalue weighted by atomic mass is 35.5. The maximum atomic E-state index is 12.9. The van der Waals surface area contributed by atoms with Crippen molar-refractivity contribution in [2.45, 2.75) is 4.75 Å². The number of benzene rings is 3. The molecule has 3 N–H and O–H groups in total. The maximum absolute atomic E-state index is 12.9. The van der Waals surface area contributed by atoms with Gasteiger partial charge in [0, 0.05) is 21.2 Å². The summed E-state index contributed by atoms with van der Waals surface area (Å²) < 4.78 is 33.8. The van der Waals surface area contributed by atoms with Crippen LogP contribution in [-0.4, -0.2) is 23.2 Å². The van der Waals surface area contributed by atoms with Crippen molar-refractivity contribution in [3.8, 4) is 11.5 Å². The fourth-order valence-electron chi connectivity index (χ4n) is 3.22. The van der Waals surface area contributed by atoms with Crippen LogP contribution in [0.15, 0.2) is 54.6 Å². The van der Waals surface area contributed by atoms with Gasteiger partial charge in [-0.2, -0.15) is 8.42 Å². The van der Waals surface area contributed by atoms with Gasteiger partial charge in [-0.3, -0.25) is 4.55 Å². The van der Waals surface area contributed by atoms with Gasteiger partial charge < -0.3 is 10.2 Å². The quantitative estimate of drug-likeness (QED) is 0.311. The SMILES string of the molecule is O=S(=O)(O)C(c1cccc(Cl)c1)(c1ccc(Cl)cc1O)c1ccc(Cl)c(Cl)c1O. The van der Waals surface area contributed by atoms with Crippen molar-refractivity contribution >= 4 is 56.5 Å². The van der Waals surface area contributed by atoms with Gasteiger partial charge in [-0.15, -0.1) is 0 Å². The number of aromatic hydroxyl groups is 2. The molecule has 0 aliphatic heterocycles. The van der Waals surface area contributed by atoms with Crippen LogP contribution in [0.1, 0.15) is 16.7 Å². The van der Waals surface area contributed by atoms with Crippen molar-refractivity contribution < 1.29 is 23.2 Å². The van der Waals surface area contributed by atoms with Crippen LogP contribution in [0, 0.1) is 0 Å². The second kappa shape index (κ2) is 7.87. The van der Waals surface area contributed by atoms with E-state index in [4.69, 9.17) is 46.4 Å². The monoisotopic (exact) mass is 492 g/mol. The molecule has 0 amide bonds. The molecule has 3 aromatic carbocycles. The Bertz CT molecular complexity index is 1210. The number of hydrogen-bond acceptors (Lipinski definition) is 4. The van der Waals surface area contributed by atoms with Crippen LogP contribution in [0.2, 0.25) is 20.1 Å². The third-order valence-corrected chi connectivity index (χ3v) is 7.12. The summed E-state index contributed by atoms with van der Waals surface area (Å²) in [7, 11) is -5.11. The molecule has 0 heterocycles. The minimum atomic E-state index is -5.11. The van der Waals surface area contributed by atoms with E-state index in [1.807, 2.05) is 0 Å². The molecule has 152 valence electrons. The predicted octanol–water partition coefficient (Wildman–Crippen LogP) is 5.89. The molecule has 0 saturated carbocycles. The van der Waals surface area contributed by atoms with Crippen LogP contribution in [-0.2, 0) is 14.9 Å². The molecule has 3 rings (SSSR count). The van der Waals surface area contributed by atoms with Crippen molar-refractivity contribution in [2.24, 2.45) is 0 Å². The highest BCUT2D eigenvalue weighted by molar-refractivity contribution is 7.87. The zero-order valence-electron chi connectivity index (χ0n) is 14.3. The molecule has 10 heteroatoms. The van der Waals surface area contributed by atoms with Gasteiger partial charge in [-0.25, -0.2) is 0 Å². The van der Waals surface area contributed by atoms with Crippen LogP contribution < -0.4 is 0 Å². The first-order valence-electron chi connectivity index (χ1n) is 7.89. The lowest BCUT2D eigenvalue weighted by molar-refractivity contribution is 0.428. The Hall–Kier alpha value is -1.67. The van der Waals surface area contributed by atoms with Gasteiger partial charge in [0.05, 0.1) is 5.02 Å². The van der Waals surface area contributed by atoms with Crippen LogP contribution in [0.25, 0.3) is 0 Å². The third-order valence-electron chi connectivity index (χ3n) is 4.41. The Morgan fingerprint density at radius 1 is 0.793 bits per heavy atom. The number of halogens is 4. The summed E-state index contributed by atoms with van der Waals surface area (Å²) in [6.45, 7) is 0. The lowest BCUT2D eigenvalue weighted by Gasteiger charge is -2.33. The highest BCUT2D eigenvalue weighted by Gasteiger charge is 2.52. The molecule has 5 nitrogen and oxygen atoms in total. The third kappa shape index (κ3) is 3.65. The smallest absolute Gasteiger partial charge is 0.283 e. The summed E-state index contributed by atoms with van der Waals surface area (Å²) in [5, 5.41) is 21.2. The Morgan fingerprint density at radius 3 is 2.00 bits per heavy atom. The van der Waals surface area contributed by atoms with Crippen LogP contribution in [0.3, 0.4) is 0 Å². The summed E-state index contributed by atoms with van der Waals surface area (Å²) in [5.74, 6) is -1.23. The molecule has 0 fully saturated rings. The number of rotatable bonds is 4. The summed E-state index contributed by atoms with van der Waals surface area (Å²) in [5.41, 5.74) is -0.673. The molecule has 0 spiro atoms. The first-order chi connectivity index (χ1) is 13.5. The fourth-order valence-corrected chi connectivity index (χ4v) is 5.21. The van der Waals surface area contributed by atoms with Crippen molar-refractivity contribution in [1.29, 1.82) is 0 Å². The summed E-state index contributed by atoms with van der Waals surface area (Å²) in [6, 6.07) is 11.7. The van der Waals surface area contributed by atoms with Crippen molar-refractivity contribution in [3.05, 3.63) is 91.4 Å². The number of hydrogen-bond donors (Lipinski definition) is 3. The Balaban J connectivity index is 2.61. The van der Waals surface area contributed by atoms with Crippen LogP contribution in [0.5, 0.6) is 11.5 Å². The first kappa shape index (κ1) is 22.0. The molecular weight excluding hydrogens is 482 g/mol. The second-order valence-corrected chi connectivity index (χ2v) is 9.31. The Morgan fingerprint density at radius 2 is 1.41 bits per heavy atom. The standard InChI is InChI=1S/C19H12Cl4O5S/c20-11-3-1-2-10(8-11)19(29(26,27)28,13-5-4-12(21)9-16(13)24)14-6-7-15(22)17(23)18(14)25/h1-9,24-25H,(H,26,27,28). The van der Waals surface area contributed by atoms with Gasteiger partial charge in [0.25, 0.3) is 10.1 Å². The molecular formula is C19H12Cl4O5S. The van der Waals surface area contributed by atoms with E-state index in [0.29, 0.717) is 0 Å². The highest BCUT2D eigenvalue weighted by Crippen LogP contribution is 2.52. The van der Waals surface area contributed by atoms with E-state index in [1.165, 1.54) is 48.5 Å². The van der Waals surface area contributed by atoms with E-state index < -0.39 is 26.4 Å². The minimum Gasteiger partial charge on any atom is -0.508 e. The summed E-state index contributed by atoms with van der Waals surface area (Å²) in [4.78, 5) is 0. The van der Waals surface area contributed by atoms with Gasteiger partial charge >= 0.3 is 0 Å². The average Bonchev–Trinajstić information content (AvgIpc) is 2.62. The van der Waals surface area contributed by atoms with Gasteiger partial charge in [-0.05, 0) is 35.9 Å². The molecule has 1 atom stereocenters. The van der Waals surface area contributed by atoms with E-state index >= 15 is 0 Å². The van der Waals surface area contributed by atoms with E-state index in [9.17, 15) is 23.2 Å². The van der Waals surface area contributed by atoms with Crippen molar-refractivity contribution in [3.63, 3.8) is 0 Å². The largest absolute Gasteiger partial charge is 0.508 e. The lowest BCUT2D eigenvalue weighted by Crippen LogP contribution is -2.38. The number of phenols is 2. The van der Waals surface area contributed by atoms with Gasteiger partial charge in [-0.1, -0.05) is 70.7 Å². The van der Waals surface area contributed by atoms with Gasteiger partial charge in [0.2, 0.25) is 0 Å². The molecule has 0 bridgehead atoms. The van der Waals surface area contributed by atoms with Crippen molar-refractivity contribution in [1.82, 2.24) is 0 Å². The summed E-state index contributed by atoms with van der Waals surface area (Å²) >= 11 is 23.9. The first-order valence-corrected chi connectivity index (χ1v) is 10.8. The average molecular weight is 494 g/mol. The Kier molecular flexibility index (Phi) is 5.98. The summed E-state index contributed by atoms with van der Waals surface area (Å²) in [6.07, 6.45) is 0. The van der Waals surface area contributed by atoms with Crippen LogP contribution in [0.4, 0.5) is 0 Å². The van der Waals surface area contributed by atoms with E-state index in [-0.39, 0.29) is 36.8 Å². The van der Waals surface area contributed by atoms with E-state index in [2.05, 4.69) is 0 Å². The maximum Gasteiger partial charge on any atom is 0.283 e. The zero-order valence-corrected chi connectivity index (χ0v) is 18.1. The topological polar surface area (TPSA) is 94.8 Å². The van der Waals surface area contributed by atoms with Gasteiger partial charge in [0.1, 0.15) is 16.5 Å². The Labute approximate surface area is 186 Å². The van der Waals surface area contributed by atoms with Gasteiger partial charge in [0.15, 0.2) is 4.75 Å². The zero-order chi connectivity index (χ0) is 21.6. The number of phenolic OH excluding ortho intramolecular Hbond substituents is 2. The minimum absolute atomic E-state index is 0.0384. The van der Waals surface area contributed by atoms with E-state index in [0.717, 1.165) is 6.07 Å². The molecule has 0 aromatic heterocycles. The molecule has 0 aliphatic carbocycles. The second-order valence-electron chi connectivity index (χ2n) is 6.09. The molecule has 0 aliphatic rings. The molecule has 1 unspecified atom stereocenters. The molecule has 29 heavy (non-hydrogen) atoms. The normalized spacial score (nSPS) is 13.8. The predicted molar refractivity (Wildman–Crippen MR) is 114 cm³/mol. The lowest BCUT2D eigenvalue weighted by atomic mass is 9.83. The molecule has 0 radical (unpaired) electrons. The van der Waals surface area contributed by atoms with E-state index in [1.54, 1.807) is 0 Å². The van der Waals surface area contributed by atoms with Crippen molar-refractivity contribution in [2.75, 3.05) is 0 Å².